The Morgan fingerprint density at radius 1 is 1.25 bits per heavy atom. The highest BCUT2D eigenvalue weighted by atomic mass is 35.5. The second-order valence-electron chi connectivity index (χ2n) is 7.55. The highest BCUT2D eigenvalue weighted by Gasteiger charge is 2.36. The van der Waals surface area contributed by atoms with Crippen LogP contribution in [0.1, 0.15) is 17.9 Å². The van der Waals surface area contributed by atoms with E-state index in [-0.39, 0.29) is 69.7 Å². The van der Waals surface area contributed by atoms with E-state index in [0.29, 0.717) is 18.5 Å². The molecule has 1 saturated heterocycles. The molecule has 3 aromatic rings. The summed E-state index contributed by atoms with van der Waals surface area (Å²) in [6, 6.07) is 5.68. The summed E-state index contributed by atoms with van der Waals surface area (Å²) in [6.45, 7) is 0.497. The molecule has 0 bridgehead atoms. The number of fused-ring (bicyclic) bond motifs is 1. The van der Waals surface area contributed by atoms with Gasteiger partial charge in [0.05, 0.1) is 16.6 Å². The van der Waals surface area contributed by atoms with E-state index < -0.39 is 16.1 Å². The number of nitro groups is 1. The van der Waals surface area contributed by atoms with E-state index in [1.807, 2.05) is 11.9 Å². The minimum Gasteiger partial charge on any atom is -0.507 e. The lowest BCUT2D eigenvalue weighted by Crippen LogP contribution is -2.32. The zero-order valence-corrected chi connectivity index (χ0v) is 18.4. The van der Waals surface area contributed by atoms with Crippen molar-refractivity contribution in [3.8, 4) is 22.8 Å². The molecule has 9 nitrogen and oxygen atoms in total. The minimum atomic E-state index is -0.591. The number of aliphatic hydroxyl groups excluding tert-OH is 1. The Labute approximate surface area is 193 Å². The Morgan fingerprint density at radius 3 is 2.59 bits per heavy atom. The van der Waals surface area contributed by atoms with Gasteiger partial charge in [-0.2, -0.15) is 0 Å². The van der Waals surface area contributed by atoms with Crippen LogP contribution in [0, 0.1) is 10.1 Å². The summed E-state index contributed by atoms with van der Waals surface area (Å²) in [5.41, 5.74) is -0.215. The summed E-state index contributed by atoms with van der Waals surface area (Å²) in [7, 11) is 1.85. The first-order valence-corrected chi connectivity index (χ1v) is 9.88. The van der Waals surface area contributed by atoms with Crippen LogP contribution < -0.4 is 5.43 Å². The van der Waals surface area contributed by atoms with Gasteiger partial charge in [-0.3, -0.25) is 14.9 Å². The number of aliphatic hydroxyl groups is 1. The second kappa shape index (κ2) is 8.95. The van der Waals surface area contributed by atoms with Crippen LogP contribution in [0.25, 0.3) is 22.3 Å². The van der Waals surface area contributed by atoms with Gasteiger partial charge in [0.25, 0.3) is 5.69 Å². The largest absolute Gasteiger partial charge is 0.507 e. The third-order valence-corrected chi connectivity index (χ3v) is 6.12. The number of nitro benzene ring substituents is 1. The minimum absolute atomic E-state index is 0. The van der Waals surface area contributed by atoms with Crippen LogP contribution in [0.3, 0.4) is 0 Å². The molecule has 1 fully saturated rings. The third-order valence-electron chi connectivity index (χ3n) is 5.81. The molecule has 2 atom stereocenters. The molecule has 0 aliphatic carbocycles. The maximum Gasteiger partial charge on any atom is 0.270 e. The molecule has 1 aliphatic rings. The number of nitrogens with zero attached hydrogens (tertiary/aromatic N) is 2. The number of benzene rings is 2. The molecule has 2 heterocycles. The number of phenols is 2. The van der Waals surface area contributed by atoms with E-state index in [4.69, 9.17) is 16.0 Å². The fourth-order valence-electron chi connectivity index (χ4n) is 4.24. The predicted molar refractivity (Wildman–Crippen MR) is 121 cm³/mol. The standard InChI is InChI=1S/C21H19ClN2O7.ClH/c1-23-5-4-12(14(23)9-25)19-15(26)7-16(27)20-17(28)8-18(31-21(19)20)11-3-2-10(24(29)30)6-13(11)22;/h2-3,6-8,12,14,25-27H,4-5,9H2,1H3;1H/t12-,14+;/m0./s1. The maximum atomic E-state index is 12.9. The SMILES string of the molecule is CN1CC[C@H](c2c(O)cc(O)c3c(=O)cc(-c4ccc([N+](=O)[O-])cc4Cl)oc23)[C@H]1CO.Cl. The molecule has 0 spiro atoms. The van der Waals surface area contributed by atoms with Gasteiger partial charge >= 0.3 is 0 Å². The van der Waals surface area contributed by atoms with E-state index in [0.717, 1.165) is 18.2 Å². The van der Waals surface area contributed by atoms with E-state index in [2.05, 4.69) is 0 Å². The van der Waals surface area contributed by atoms with Gasteiger partial charge in [0.15, 0.2) is 5.43 Å². The van der Waals surface area contributed by atoms with Crippen molar-refractivity contribution < 1.29 is 24.7 Å². The molecular weight excluding hydrogens is 463 g/mol. The molecular formula is C21H20Cl2N2O7. The lowest BCUT2D eigenvalue weighted by molar-refractivity contribution is -0.384. The Morgan fingerprint density at radius 2 is 1.97 bits per heavy atom. The van der Waals surface area contributed by atoms with Gasteiger partial charge in [-0.15, -0.1) is 12.4 Å². The molecule has 3 N–H and O–H groups in total. The summed E-state index contributed by atoms with van der Waals surface area (Å²) in [5.74, 6) is -0.989. The summed E-state index contributed by atoms with van der Waals surface area (Å²) in [5, 5.41) is 41.7. The predicted octanol–water partition coefficient (Wildman–Crippen LogP) is 3.63. The molecule has 1 aromatic heterocycles. The molecule has 170 valence electrons. The van der Waals surface area contributed by atoms with Crippen LogP contribution >= 0.6 is 24.0 Å². The van der Waals surface area contributed by atoms with Crippen molar-refractivity contribution in [2.24, 2.45) is 0 Å². The number of hydrogen-bond acceptors (Lipinski definition) is 8. The number of phenolic OH excluding ortho intramolecular Hbond substituents is 2. The first kappa shape index (κ1) is 23.8. The van der Waals surface area contributed by atoms with E-state index in [9.17, 15) is 30.2 Å². The fourth-order valence-corrected chi connectivity index (χ4v) is 4.51. The molecule has 1 aliphatic heterocycles. The number of likely N-dealkylation sites (tertiary alicyclic amines) is 1. The molecule has 0 amide bonds. The Kier molecular flexibility index (Phi) is 6.66. The topological polar surface area (TPSA) is 137 Å². The van der Waals surface area contributed by atoms with Crippen molar-refractivity contribution in [1.82, 2.24) is 4.90 Å². The molecule has 0 unspecified atom stereocenters. The summed E-state index contributed by atoms with van der Waals surface area (Å²) >= 11 is 6.20. The van der Waals surface area contributed by atoms with Crippen LogP contribution in [0.4, 0.5) is 5.69 Å². The van der Waals surface area contributed by atoms with Crippen LogP contribution in [0.5, 0.6) is 11.5 Å². The van der Waals surface area contributed by atoms with Crippen LogP contribution in [-0.4, -0.2) is 51.4 Å². The molecule has 2 aromatic carbocycles. The highest BCUT2D eigenvalue weighted by Crippen LogP contribution is 2.44. The molecule has 11 heteroatoms. The van der Waals surface area contributed by atoms with Crippen molar-refractivity contribution >= 4 is 40.7 Å². The van der Waals surface area contributed by atoms with E-state index >= 15 is 0 Å². The number of aromatic hydroxyl groups is 2. The summed E-state index contributed by atoms with van der Waals surface area (Å²) in [4.78, 5) is 25.2. The molecule has 0 saturated carbocycles. The van der Waals surface area contributed by atoms with Crippen molar-refractivity contribution in [3.63, 3.8) is 0 Å². The van der Waals surface area contributed by atoms with Gasteiger partial charge in [0.1, 0.15) is 28.2 Å². The maximum absolute atomic E-state index is 12.9. The van der Waals surface area contributed by atoms with Crippen molar-refractivity contribution in [2.75, 3.05) is 20.2 Å². The lowest BCUT2D eigenvalue weighted by Gasteiger charge is -2.24. The van der Waals surface area contributed by atoms with Gasteiger partial charge in [0.2, 0.25) is 0 Å². The molecule has 0 radical (unpaired) electrons. The van der Waals surface area contributed by atoms with E-state index in [1.165, 1.54) is 12.1 Å². The van der Waals surface area contributed by atoms with Crippen molar-refractivity contribution in [3.05, 3.63) is 61.3 Å². The lowest BCUT2D eigenvalue weighted by atomic mass is 9.89. The van der Waals surface area contributed by atoms with Gasteiger partial charge in [0, 0.05) is 47.4 Å². The monoisotopic (exact) mass is 482 g/mol. The quantitative estimate of drug-likeness (QED) is 0.378. The van der Waals surface area contributed by atoms with Gasteiger partial charge in [-0.25, -0.2) is 0 Å². The normalized spacial score (nSPS) is 18.6. The fraction of sp³-hybridized carbons (Fsp3) is 0.286. The van der Waals surface area contributed by atoms with Crippen LogP contribution in [0.15, 0.2) is 39.5 Å². The number of hydrogen-bond donors (Lipinski definition) is 3. The number of halogens is 2. The summed E-state index contributed by atoms with van der Waals surface area (Å²) < 4.78 is 5.97. The zero-order chi connectivity index (χ0) is 22.4. The third kappa shape index (κ3) is 3.88. The first-order chi connectivity index (χ1) is 14.7. The van der Waals surface area contributed by atoms with Gasteiger partial charge < -0.3 is 24.6 Å². The van der Waals surface area contributed by atoms with E-state index in [1.54, 1.807) is 0 Å². The summed E-state index contributed by atoms with van der Waals surface area (Å²) in [6.07, 6.45) is 0.599. The number of likely N-dealkylation sites (N-methyl/N-ethyl adjacent to an activating group) is 1. The average molecular weight is 483 g/mol. The van der Waals surface area contributed by atoms with Gasteiger partial charge in [-0.1, -0.05) is 11.6 Å². The van der Waals surface area contributed by atoms with Gasteiger partial charge in [-0.05, 0) is 26.1 Å². The zero-order valence-electron chi connectivity index (χ0n) is 16.8. The number of rotatable bonds is 4. The Balaban J connectivity index is 0.00000289. The molecule has 32 heavy (non-hydrogen) atoms. The average Bonchev–Trinajstić information content (AvgIpc) is 3.07. The smallest absolute Gasteiger partial charge is 0.270 e. The second-order valence-corrected chi connectivity index (χ2v) is 7.96. The van der Waals surface area contributed by atoms with Crippen molar-refractivity contribution in [2.45, 2.75) is 18.4 Å². The Bertz CT molecular complexity index is 1260. The first-order valence-electron chi connectivity index (χ1n) is 9.51. The van der Waals surface area contributed by atoms with Crippen LogP contribution in [-0.2, 0) is 0 Å². The van der Waals surface area contributed by atoms with Crippen molar-refractivity contribution in [1.29, 1.82) is 0 Å². The molecule has 4 rings (SSSR count). The number of non-ortho nitro benzene ring substituents is 1. The Hall–Kier alpha value is -2.85. The highest BCUT2D eigenvalue weighted by molar-refractivity contribution is 6.33. The van der Waals surface area contributed by atoms with Crippen LogP contribution in [0.2, 0.25) is 5.02 Å².